The van der Waals surface area contributed by atoms with Crippen LogP contribution in [0.25, 0.3) is 0 Å². The van der Waals surface area contributed by atoms with Gasteiger partial charge in [-0.3, -0.25) is 14.4 Å². The zero-order valence-electron chi connectivity index (χ0n) is 45.2. The fourth-order valence-electron chi connectivity index (χ4n) is 9.43. The highest BCUT2D eigenvalue weighted by Crippen LogP contribution is 2.36. The molecule has 450 valence electrons. The maximum Gasteiger partial charge on any atom is 0.320 e. The molecule has 5 fully saturated rings. The first-order valence-corrected chi connectivity index (χ1v) is 27.6. The number of rotatable bonds is 15. The third-order valence-corrected chi connectivity index (χ3v) is 14.7. The Morgan fingerprint density at radius 1 is 0.506 bits per heavy atom. The van der Waals surface area contributed by atoms with E-state index in [1.807, 2.05) is 74.5 Å². The molecule has 0 aliphatic carbocycles. The Morgan fingerprint density at radius 2 is 0.827 bits per heavy atom. The predicted molar refractivity (Wildman–Crippen MR) is 299 cm³/mol. The molecule has 24 heteroatoms. The first-order valence-electron chi connectivity index (χ1n) is 26.8. The summed E-state index contributed by atoms with van der Waals surface area (Å²) in [4.78, 5) is 30.4. The van der Waals surface area contributed by atoms with Crippen molar-refractivity contribution in [3.05, 3.63) is 128 Å². The Bertz CT molecular complexity index is 2320. The van der Waals surface area contributed by atoms with Crippen LogP contribution in [0.4, 0.5) is 0 Å². The number of hydrogen-bond acceptors (Lipinski definition) is 18. The molecule has 0 aromatic heterocycles. The van der Waals surface area contributed by atoms with Crippen LogP contribution in [0.3, 0.4) is 0 Å². The lowest BCUT2D eigenvalue weighted by molar-refractivity contribution is -0.231. The maximum atomic E-state index is 10.3. The molecule has 0 bridgehead atoms. The Kier molecular flexibility index (Phi) is 29.1. The summed E-state index contributed by atoms with van der Waals surface area (Å²) in [5, 5.41) is 114. The summed E-state index contributed by atoms with van der Waals surface area (Å²) >= 11 is 12.7. The van der Waals surface area contributed by atoms with Crippen molar-refractivity contribution in [3.63, 3.8) is 0 Å². The van der Waals surface area contributed by atoms with Crippen molar-refractivity contribution in [2.45, 2.75) is 144 Å². The number of nitrogens with one attached hydrogen (secondary N) is 3. The average Bonchev–Trinajstić information content (AvgIpc) is 4.32. The van der Waals surface area contributed by atoms with Crippen LogP contribution >= 0.6 is 23.2 Å². The first kappa shape index (κ1) is 68.4. The van der Waals surface area contributed by atoms with E-state index >= 15 is 0 Å². The van der Waals surface area contributed by atoms with Gasteiger partial charge in [0.1, 0.15) is 90.7 Å². The van der Waals surface area contributed by atoms with Crippen LogP contribution in [0.1, 0.15) is 98.0 Å². The van der Waals surface area contributed by atoms with E-state index in [0.29, 0.717) is 47.2 Å². The van der Waals surface area contributed by atoms with Crippen molar-refractivity contribution in [3.8, 4) is 11.5 Å². The Hall–Kier alpha value is -5.09. The van der Waals surface area contributed by atoms with Crippen LogP contribution < -0.4 is 25.4 Å². The van der Waals surface area contributed by atoms with E-state index in [0.717, 1.165) is 91.9 Å². The normalized spacial score (nSPS) is 27.4. The maximum absolute atomic E-state index is 10.3. The summed E-state index contributed by atoms with van der Waals surface area (Å²) in [7, 11) is 0. The van der Waals surface area contributed by atoms with Gasteiger partial charge in [-0.05, 0) is 155 Å². The van der Waals surface area contributed by atoms with Crippen molar-refractivity contribution in [1.29, 1.82) is 0 Å². The summed E-state index contributed by atoms with van der Waals surface area (Å²) in [6, 6.07) is 25.1. The van der Waals surface area contributed by atoms with Gasteiger partial charge in [0, 0.05) is 10.0 Å². The molecule has 4 aromatic carbocycles. The molecule has 0 spiro atoms. The topological polar surface area (TPSA) is 378 Å². The van der Waals surface area contributed by atoms with Gasteiger partial charge in [-0.1, -0.05) is 71.7 Å². The van der Waals surface area contributed by atoms with Crippen molar-refractivity contribution in [2.24, 2.45) is 0 Å². The standard InChI is InChI=1S/2C21H25ClO6.3C5H9NO2.H2O/c2*1-2-27-15-6-3-12(4-7-15)9-14-10-13(5-8-16(14)22)21-20(26)19(25)18(24)17(11-23)28-21;3*7-5(8)4-2-1-3-6-4;/h2*3-8,10,17-21,23-26H,2,9,11H2,1H3;3*4,6H,1-3H2,(H,7,8);1H2/t2*17-,18-,19+,20-,21+;3*4-;/m11000./s1. The highest BCUT2D eigenvalue weighted by molar-refractivity contribution is 6.31. The highest BCUT2D eigenvalue weighted by Gasteiger charge is 2.45. The number of halogens is 2. The summed E-state index contributed by atoms with van der Waals surface area (Å²) < 4.78 is 22.2. The zero-order chi connectivity index (χ0) is 58.5. The highest BCUT2D eigenvalue weighted by atomic mass is 35.5. The SMILES string of the molecule is CCOc1ccc(Cc2cc([C@@H]3O[C@H](CO)[C@@H](O)[C@H](O)[C@H]3O)ccc2Cl)cc1.CCOc1ccc(Cc2cc([C@@H]3O[C@H](CO)[C@@H](O)[C@H](O)[C@H]3O)ccc2Cl)cc1.O.O=C(O)[C@@H]1CCCN1.O=C(O)[C@@H]1CCCN1.O=C(O)[C@@H]1CCCN1. The van der Waals surface area contributed by atoms with Gasteiger partial charge in [0.05, 0.1) is 26.4 Å². The molecular formula is C57H79Cl2N3O19. The number of aliphatic hydroxyl groups is 8. The number of aliphatic hydroxyl groups excluding tert-OH is 8. The van der Waals surface area contributed by atoms with Crippen LogP contribution in [0.5, 0.6) is 11.5 Å². The van der Waals surface area contributed by atoms with Gasteiger partial charge in [0.25, 0.3) is 0 Å². The van der Waals surface area contributed by atoms with E-state index in [4.69, 9.17) is 57.5 Å². The van der Waals surface area contributed by atoms with Crippen LogP contribution in [0.15, 0.2) is 84.9 Å². The van der Waals surface area contributed by atoms with Gasteiger partial charge in [-0.2, -0.15) is 0 Å². The van der Waals surface area contributed by atoms with Crippen molar-refractivity contribution in [1.82, 2.24) is 16.0 Å². The fourth-order valence-corrected chi connectivity index (χ4v) is 9.80. The van der Waals surface area contributed by atoms with E-state index in [2.05, 4.69) is 16.0 Å². The average molecular weight is 1180 g/mol. The van der Waals surface area contributed by atoms with E-state index in [1.165, 1.54) is 0 Å². The Balaban J connectivity index is 0.000000245. The molecule has 0 amide bonds. The molecule has 13 atom stereocenters. The third-order valence-electron chi connectivity index (χ3n) is 13.9. The minimum atomic E-state index is -1.42. The van der Waals surface area contributed by atoms with Crippen LogP contribution in [-0.2, 0) is 36.7 Å². The first-order chi connectivity index (χ1) is 38.3. The molecule has 0 radical (unpaired) electrons. The molecule has 5 saturated heterocycles. The molecule has 9 rings (SSSR count). The lowest BCUT2D eigenvalue weighted by Crippen LogP contribution is -2.55. The molecule has 22 nitrogen and oxygen atoms in total. The molecule has 0 saturated carbocycles. The molecule has 16 N–H and O–H groups in total. The Labute approximate surface area is 480 Å². The molecule has 0 unspecified atom stereocenters. The quantitative estimate of drug-likeness (QED) is 0.0812. The predicted octanol–water partition coefficient (Wildman–Crippen LogP) is 2.33. The summed E-state index contributed by atoms with van der Waals surface area (Å²) in [5.74, 6) is -0.563. The lowest BCUT2D eigenvalue weighted by Gasteiger charge is -2.40. The minimum absolute atomic E-state index is 0. The van der Waals surface area contributed by atoms with Gasteiger partial charge >= 0.3 is 17.9 Å². The third kappa shape index (κ3) is 20.3. The Morgan fingerprint density at radius 3 is 1.07 bits per heavy atom. The lowest BCUT2D eigenvalue weighted by atomic mass is 9.90. The van der Waals surface area contributed by atoms with Crippen LogP contribution in [0, 0.1) is 0 Å². The molecule has 81 heavy (non-hydrogen) atoms. The van der Waals surface area contributed by atoms with Gasteiger partial charge in [0.15, 0.2) is 0 Å². The van der Waals surface area contributed by atoms with Gasteiger partial charge in [-0.15, -0.1) is 0 Å². The number of benzene rings is 4. The van der Waals surface area contributed by atoms with Gasteiger partial charge < -0.3 is 96.5 Å². The van der Waals surface area contributed by atoms with Crippen LogP contribution in [0.2, 0.25) is 10.0 Å². The monoisotopic (exact) mass is 1180 g/mol. The summed E-state index contributed by atoms with van der Waals surface area (Å²) in [6.07, 6.45) is -5.42. The van der Waals surface area contributed by atoms with E-state index in [-0.39, 0.29) is 23.6 Å². The zero-order valence-corrected chi connectivity index (χ0v) is 46.7. The largest absolute Gasteiger partial charge is 0.494 e. The van der Waals surface area contributed by atoms with E-state index in [9.17, 15) is 55.2 Å². The minimum Gasteiger partial charge on any atom is -0.494 e. The van der Waals surface area contributed by atoms with E-state index < -0.39 is 92.2 Å². The van der Waals surface area contributed by atoms with Crippen LogP contribution in [-0.4, -0.2) is 193 Å². The number of aliphatic carboxylic acids is 3. The smallest absolute Gasteiger partial charge is 0.320 e. The van der Waals surface area contributed by atoms with Crippen molar-refractivity contribution >= 4 is 41.1 Å². The van der Waals surface area contributed by atoms with Crippen molar-refractivity contribution in [2.75, 3.05) is 46.1 Å². The summed E-state index contributed by atoms with van der Waals surface area (Å²) in [5.41, 5.74) is 4.97. The molecule has 5 heterocycles. The number of carbonyl (C=O) groups is 3. The molecule has 5 aliphatic heterocycles. The summed E-state index contributed by atoms with van der Waals surface area (Å²) in [6.45, 7) is 6.71. The molecule has 4 aromatic rings. The second-order valence-corrected chi connectivity index (χ2v) is 20.5. The second kappa shape index (κ2) is 34.5. The van der Waals surface area contributed by atoms with Gasteiger partial charge in [-0.25, -0.2) is 0 Å². The van der Waals surface area contributed by atoms with Gasteiger partial charge in [0.2, 0.25) is 0 Å². The second-order valence-electron chi connectivity index (χ2n) is 19.7. The van der Waals surface area contributed by atoms with E-state index in [1.54, 1.807) is 24.3 Å². The fraction of sp³-hybridized carbons (Fsp3) is 0.526. The molecular weight excluding hydrogens is 1100 g/mol. The van der Waals surface area contributed by atoms with Crippen molar-refractivity contribution < 1.29 is 95.0 Å². The number of carboxylic acid groups (broad SMARTS) is 3. The number of ether oxygens (including phenoxy) is 4. The number of carboxylic acids is 3. The number of hydrogen-bond donors (Lipinski definition) is 14. The molecule has 5 aliphatic rings.